The summed E-state index contributed by atoms with van der Waals surface area (Å²) in [5.74, 6) is -0.959. The summed E-state index contributed by atoms with van der Waals surface area (Å²) < 4.78 is 0. The zero-order valence-electron chi connectivity index (χ0n) is 15.8. The molecular formula is C22H24N2O3. The molecule has 3 amide bonds. The van der Waals surface area contributed by atoms with Crippen LogP contribution >= 0.6 is 0 Å². The molecular weight excluding hydrogens is 340 g/mol. The fourth-order valence-electron chi connectivity index (χ4n) is 3.40. The van der Waals surface area contributed by atoms with E-state index in [9.17, 15) is 14.4 Å². The summed E-state index contributed by atoms with van der Waals surface area (Å²) in [6, 6.07) is 15.3. The number of nitrogens with one attached hydrogen (secondary N) is 1. The van der Waals surface area contributed by atoms with Crippen molar-refractivity contribution >= 4 is 17.7 Å². The van der Waals surface area contributed by atoms with Crippen molar-refractivity contribution in [2.75, 3.05) is 0 Å². The largest absolute Gasteiger partial charge is 0.348 e. The number of nitrogens with zero attached hydrogens (tertiary/aromatic N) is 1. The van der Waals surface area contributed by atoms with Gasteiger partial charge in [-0.1, -0.05) is 56.3 Å². The highest BCUT2D eigenvalue weighted by molar-refractivity contribution is 6.22. The third kappa shape index (κ3) is 3.77. The number of imide groups is 1. The number of fused-ring (bicyclic) bond motifs is 1. The van der Waals surface area contributed by atoms with E-state index in [0.717, 1.165) is 10.5 Å². The van der Waals surface area contributed by atoms with Gasteiger partial charge in [-0.2, -0.15) is 0 Å². The molecule has 0 saturated heterocycles. The molecule has 0 unspecified atom stereocenters. The van der Waals surface area contributed by atoms with Crippen molar-refractivity contribution in [1.82, 2.24) is 10.2 Å². The van der Waals surface area contributed by atoms with Gasteiger partial charge in [0, 0.05) is 0 Å². The van der Waals surface area contributed by atoms with E-state index in [2.05, 4.69) is 5.32 Å². The standard InChI is InChI=1S/C22H24N2O3/c1-14(2)13-19(20(25)23-15(3)16-9-5-4-6-10-16)24-21(26)17-11-7-8-12-18(17)22(24)27/h4-12,14-15,19H,13H2,1-3H3,(H,23,25)/t15-,19-/m1/s1. The number of hydrogen-bond acceptors (Lipinski definition) is 3. The SMILES string of the molecule is CC(C)C[C@H](C(=O)N[C@H](C)c1ccccc1)N1C(=O)c2ccccc2C1=O. The summed E-state index contributed by atoms with van der Waals surface area (Å²) in [7, 11) is 0. The van der Waals surface area contributed by atoms with Crippen LogP contribution in [0.25, 0.3) is 0 Å². The molecule has 5 nitrogen and oxygen atoms in total. The number of benzene rings is 2. The molecule has 3 rings (SSSR count). The van der Waals surface area contributed by atoms with E-state index in [1.54, 1.807) is 24.3 Å². The summed E-state index contributed by atoms with van der Waals surface area (Å²) in [5.41, 5.74) is 1.69. The summed E-state index contributed by atoms with van der Waals surface area (Å²) in [6.45, 7) is 5.83. The van der Waals surface area contributed by atoms with E-state index >= 15 is 0 Å². The summed E-state index contributed by atoms with van der Waals surface area (Å²) in [5, 5.41) is 2.96. The summed E-state index contributed by atoms with van der Waals surface area (Å²) in [6.07, 6.45) is 0.415. The van der Waals surface area contributed by atoms with Crippen molar-refractivity contribution in [2.24, 2.45) is 5.92 Å². The van der Waals surface area contributed by atoms with Crippen LogP contribution in [0, 0.1) is 5.92 Å². The first-order valence-corrected chi connectivity index (χ1v) is 9.22. The molecule has 0 radical (unpaired) electrons. The molecule has 2 aromatic rings. The Morgan fingerprint density at radius 2 is 1.41 bits per heavy atom. The molecule has 1 heterocycles. The van der Waals surface area contributed by atoms with Crippen molar-refractivity contribution in [3.63, 3.8) is 0 Å². The molecule has 0 bridgehead atoms. The molecule has 0 fully saturated rings. The van der Waals surface area contributed by atoms with Gasteiger partial charge in [-0.3, -0.25) is 19.3 Å². The highest BCUT2D eigenvalue weighted by atomic mass is 16.2. The predicted molar refractivity (Wildman–Crippen MR) is 103 cm³/mol. The van der Waals surface area contributed by atoms with Crippen LogP contribution in [0.1, 0.15) is 59.5 Å². The summed E-state index contributed by atoms with van der Waals surface area (Å²) >= 11 is 0. The Morgan fingerprint density at radius 1 is 0.889 bits per heavy atom. The van der Waals surface area contributed by atoms with E-state index < -0.39 is 17.9 Å². The van der Waals surface area contributed by atoms with Gasteiger partial charge >= 0.3 is 0 Å². The van der Waals surface area contributed by atoms with E-state index in [1.165, 1.54) is 0 Å². The first-order valence-electron chi connectivity index (χ1n) is 9.22. The Bertz CT molecular complexity index is 826. The Morgan fingerprint density at radius 3 is 1.93 bits per heavy atom. The Kier molecular flexibility index (Phi) is 5.40. The van der Waals surface area contributed by atoms with Gasteiger partial charge in [0.15, 0.2) is 0 Å². The van der Waals surface area contributed by atoms with Gasteiger partial charge in [0.05, 0.1) is 17.2 Å². The number of rotatable bonds is 6. The van der Waals surface area contributed by atoms with Crippen LogP contribution < -0.4 is 5.32 Å². The quantitative estimate of drug-likeness (QED) is 0.797. The van der Waals surface area contributed by atoms with Gasteiger partial charge in [0.25, 0.3) is 11.8 Å². The van der Waals surface area contributed by atoms with Crippen LogP contribution in [-0.4, -0.2) is 28.7 Å². The molecule has 0 saturated carbocycles. The Hall–Kier alpha value is -2.95. The van der Waals surface area contributed by atoms with Crippen LogP contribution in [0.4, 0.5) is 0 Å². The maximum Gasteiger partial charge on any atom is 0.262 e. The minimum atomic E-state index is -0.830. The van der Waals surface area contributed by atoms with Crippen molar-refractivity contribution < 1.29 is 14.4 Å². The highest BCUT2D eigenvalue weighted by Gasteiger charge is 2.42. The second kappa shape index (κ2) is 7.74. The van der Waals surface area contributed by atoms with Gasteiger partial charge in [0.1, 0.15) is 6.04 Å². The average molecular weight is 364 g/mol. The maximum atomic E-state index is 13.0. The third-order valence-electron chi connectivity index (χ3n) is 4.79. The maximum absolute atomic E-state index is 13.0. The first-order chi connectivity index (χ1) is 12.9. The Balaban J connectivity index is 1.85. The second-order valence-corrected chi connectivity index (χ2v) is 7.31. The fraction of sp³-hybridized carbons (Fsp3) is 0.318. The zero-order chi connectivity index (χ0) is 19.6. The molecule has 0 spiro atoms. The molecule has 5 heteroatoms. The lowest BCUT2D eigenvalue weighted by atomic mass is 10.0. The molecule has 0 aliphatic carbocycles. The molecule has 1 aliphatic heterocycles. The molecule has 1 N–H and O–H groups in total. The van der Waals surface area contributed by atoms with Gasteiger partial charge in [-0.25, -0.2) is 0 Å². The molecule has 2 aromatic carbocycles. The lowest BCUT2D eigenvalue weighted by Gasteiger charge is -2.28. The minimum absolute atomic E-state index is 0.150. The van der Waals surface area contributed by atoms with Crippen LogP contribution in [0.2, 0.25) is 0 Å². The average Bonchev–Trinajstić information content (AvgIpc) is 2.91. The van der Waals surface area contributed by atoms with Crippen molar-refractivity contribution in [1.29, 1.82) is 0 Å². The number of amides is 3. The normalized spacial score (nSPS) is 15.6. The number of carbonyl (C=O) groups is 3. The predicted octanol–water partition coefficient (Wildman–Crippen LogP) is 3.57. The lowest BCUT2D eigenvalue weighted by Crippen LogP contribution is -2.50. The van der Waals surface area contributed by atoms with Crippen molar-refractivity contribution in [2.45, 2.75) is 39.3 Å². The molecule has 0 aromatic heterocycles. The van der Waals surface area contributed by atoms with Gasteiger partial charge in [0.2, 0.25) is 5.91 Å². The monoisotopic (exact) mass is 364 g/mol. The molecule has 140 valence electrons. The van der Waals surface area contributed by atoms with Crippen molar-refractivity contribution in [3.05, 3.63) is 71.3 Å². The first kappa shape index (κ1) is 18.8. The fourth-order valence-corrected chi connectivity index (χ4v) is 3.40. The van der Waals surface area contributed by atoms with Gasteiger partial charge in [-0.15, -0.1) is 0 Å². The van der Waals surface area contributed by atoms with E-state index in [-0.39, 0.29) is 17.9 Å². The lowest BCUT2D eigenvalue weighted by molar-refractivity contribution is -0.126. The topological polar surface area (TPSA) is 66.5 Å². The smallest absolute Gasteiger partial charge is 0.262 e. The molecule has 1 aliphatic rings. The highest BCUT2D eigenvalue weighted by Crippen LogP contribution is 2.27. The minimum Gasteiger partial charge on any atom is -0.348 e. The van der Waals surface area contributed by atoms with Crippen molar-refractivity contribution in [3.8, 4) is 0 Å². The Labute approximate surface area is 159 Å². The summed E-state index contributed by atoms with van der Waals surface area (Å²) in [4.78, 5) is 39.8. The van der Waals surface area contributed by atoms with E-state index in [1.807, 2.05) is 51.1 Å². The number of carbonyl (C=O) groups excluding carboxylic acids is 3. The van der Waals surface area contributed by atoms with E-state index in [0.29, 0.717) is 17.5 Å². The van der Waals surface area contributed by atoms with Crippen LogP contribution in [-0.2, 0) is 4.79 Å². The second-order valence-electron chi connectivity index (χ2n) is 7.31. The van der Waals surface area contributed by atoms with Crippen LogP contribution in [0.5, 0.6) is 0 Å². The van der Waals surface area contributed by atoms with Gasteiger partial charge < -0.3 is 5.32 Å². The van der Waals surface area contributed by atoms with Crippen LogP contribution in [0.3, 0.4) is 0 Å². The third-order valence-corrected chi connectivity index (χ3v) is 4.79. The zero-order valence-corrected chi connectivity index (χ0v) is 15.8. The van der Waals surface area contributed by atoms with E-state index in [4.69, 9.17) is 0 Å². The number of hydrogen-bond donors (Lipinski definition) is 1. The molecule has 27 heavy (non-hydrogen) atoms. The molecule has 2 atom stereocenters. The van der Waals surface area contributed by atoms with Gasteiger partial charge in [-0.05, 0) is 37.0 Å². The van der Waals surface area contributed by atoms with Crippen LogP contribution in [0.15, 0.2) is 54.6 Å².